The molecule has 1 unspecified atom stereocenters. The Morgan fingerprint density at radius 3 is 2.23 bits per heavy atom. The minimum atomic E-state index is -3.74. The first-order chi connectivity index (χ1) is 12.3. The fourth-order valence-corrected chi connectivity index (χ4v) is 4.74. The fraction of sp³-hybridized carbons (Fsp3) is 0.294. The highest BCUT2D eigenvalue weighted by Crippen LogP contribution is 2.22. The Balaban J connectivity index is 1.74. The second-order valence-corrected chi connectivity index (χ2v) is 9.64. The molecule has 0 aliphatic carbocycles. The molecule has 0 aromatic heterocycles. The van der Waals surface area contributed by atoms with Gasteiger partial charge in [0.25, 0.3) is 0 Å². The molecule has 3 rings (SSSR count). The molecule has 26 heavy (non-hydrogen) atoms. The third-order valence-corrected chi connectivity index (χ3v) is 7.28. The third-order valence-electron chi connectivity index (χ3n) is 4.41. The summed E-state index contributed by atoms with van der Waals surface area (Å²) in [4.78, 5) is 0.0403. The number of nitrogens with one attached hydrogen (secondary N) is 3. The van der Waals surface area contributed by atoms with Crippen molar-refractivity contribution in [1.29, 1.82) is 0 Å². The summed E-state index contributed by atoms with van der Waals surface area (Å²) in [6, 6.07) is 13.0. The lowest BCUT2D eigenvalue weighted by Crippen LogP contribution is -2.38. The molecule has 2 aromatic carbocycles. The van der Waals surface area contributed by atoms with E-state index in [4.69, 9.17) is 0 Å². The number of hydrogen-bond donors (Lipinski definition) is 3. The summed E-state index contributed by atoms with van der Waals surface area (Å²) >= 11 is 0. The number of sulfonamides is 2. The maximum atomic E-state index is 12.5. The van der Waals surface area contributed by atoms with Crippen LogP contribution in [0.4, 0.5) is 0 Å². The molecule has 0 amide bonds. The van der Waals surface area contributed by atoms with Crippen molar-refractivity contribution in [3.63, 3.8) is 0 Å². The van der Waals surface area contributed by atoms with Crippen molar-refractivity contribution in [1.82, 2.24) is 14.8 Å². The number of hydrogen-bond acceptors (Lipinski definition) is 5. The molecular weight excluding hydrogens is 374 g/mol. The summed E-state index contributed by atoms with van der Waals surface area (Å²) < 4.78 is 53.3. The monoisotopic (exact) mass is 395 g/mol. The molecule has 1 aliphatic rings. The average Bonchev–Trinajstić information content (AvgIpc) is 2.66. The summed E-state index contributed by atoms with van der Waals surface area (Å²) in [5, 5.41) is 3.32. The molecule has 1 heterocycles. The van der Waals surface area contributed by atoms with Crippen molar-refractivity contribution in [2.45, 2.75) is 22.3 Å². The molecule has 2 aromatic rings. The van der Waals surface area contributed by atoms with Crippen LogP contribution in [0.25, 0.3) is 0 Å². The van der Waals surface area contributed by atoms with E-state index in [2.05, 4.69) is 20.8 Å². The Bertz CT molecular complexity index is 987. The van der Waals surface area contributed by atoms with Gasteiger partial charge in [0.15, 0.2) is 0 Å². The van der Waals surface area contributed by atoms with Crippen molar-refractivity contribution < 1.29 is 16.8 Å². The van der Waals surface area contributed by atoms with Crippen molar-refractivity contribution in [2.75, 3.05) is 20.1 Å². The van der Waals surface area contributed by atoms with Crippen molar-refractivity contribution in [3.8, 4) is 0 Å². The maximum absolute atomic E-state index is 12.5. The number of benzene rings is 2. The minimum Gasteiger partial charge on any atom is -0.308 e. The van der Waals surface area contributed by atoms with Crippen LogP contribution in [0.3, 0.4) is 0 Å². The van der Waals surface area contributed by atoms with E-state index in [0.29, 0.717) is 0 Å². The van der Waals surface area contributed by atoms with Gasteiger partial charge in [-0.2, -0.15) is 0 Å². The first-order valence-electron chi connectivity index (χ1n) is 8.18. The maximum Gasteiger partial charge on any atom is 0.240 e. The van der Waals surface area contributed by atoms with E-state index in [1.807, 2.05) is 18.2 Å². The van der Waals surface area contributed by atoms with Gasteiger partial charge in [-0.1, -0.05) is 24.3 Å². The summed E-state index contributed by atoms with van der Waals surface area (Å²) in [6.07, 6.45) is 0.917. The van der Waals surface area contributed by atoms with Gasteiger partial charge >= 0.3 is 0 Å². The quantitative estimate of drug-likeness (QED) is 0.670. The van der Waals surface area contributed by atoms with Crippen LogP contribution in [-0.2, 0) is 26.5 Å². The molecule has 140 valence electrons. The van der Waals surface area contributed by atoms with E-state index in [1.165, 1.54) is 36.9 Å². The predicted molar refractivity (Wildman–Crippen MR) is 98.8 cm³/mol. The lowest BCUT2D eigenvalue weighted by atomic mass is 9.95. The van der Waals surface area contributed by atoms with Gasteiger partial charge in [-0.3, -0.25) is 0 Å². The number of rotatable bonds is 6. The number of fused-ring (bicyclic) bond motifs is 1. The van der Waals surface area contributed by atoms with Gasteiger partial charge in [0.2, 0.25) is 20.0 Å². The molecule has 0 saturated heterocycles. The Morgan fingerprint density at radius 2 is 1.58 bits per heavy atom. The molecule has 0 fully saturated rings. The molecule has 3 N–H and O–H groups in total. The van der Waals surface area contributed by atoms with Gasteiger partial charge in [0.05, 0.1) is 9.79 Å². The van der Waals surface area contributed by atoms with Crippen LogP contribution in [0.1, 0.15) is 17.2 Å². The van der Waals surface area contributed by atoms with Crippen LogP contribution >= 0.6 is 0 Å². The van der Waals surface area contributed by atoms with Crippen LogP contribution < -0.4 is 14.8 Å². The largest absolute Gasteiger partial charge is 0.308 e. The van der Waals surface area contributed by atoms with Crippen molar-refractivity contribution >= 4 is 20.0 Å². The average molecular weight is 396 g/mol. The highest BCUT2D eigenvalue weighted by Gasteiger charge is 2.22. The van der Waals surface area contributed by atoms with E-state index < -0.39 is 20.0 Å². The van der Waals surface area contributed by atoms with Gasteiger partial charge in [-0.25, -0.2) is 26.3 Å². The molecule has 1 aliphatic heterocycles. The van der Waals surface area contributed by atoms with E-state index in [9.17, 15) is 16.8 Å². The summed E-state index contributed by atoms with van der Waals surface area (Å²) in [5.74, 6) is 0. The third kappa shape index (κ3) is 3.97. The van der Waals surface area contributed by atoms with Gasteiger partial charge in [0.1, 0.15) is 0 Å². The zero-order valence-electron chi connectivity index (χ0n) is 14.3. The first-order valence-corrected chi connectivity index (χ1v) is 11.1. The lowest BCUT2D eigenvalue weighted by Gasteiger charge is -2.27. The van der Waals surface area contributed by atoms with E-state index in [1.54, 1.807) is 0 Å². The van der Waals surface area contributed by atoms with Crippen LogP contribution in [-0.4, -0.2) is 37.0 Å². The predicted octanol–water partition coefficient (Wildman–Crippen LogP) is 0.760. The van der Waals surface area contributed by atoms with Crippen molar-refractivity contribution in [2.24, 2.45) is 0 Å². The van der Waals surface area contributed by atoms with Crippen LogP contribution in [0.5, 0.6) is 0 Å². The SMILES string of the molecule is CNS(=O)(=O)c1ccc(S(=O)(=O)NCC2NCCc3ccccc32)cc1. The zero-order valence-corrected chi connectivity index (χ0v) is 15.9. The smallest absolute Gasteiger partial charge is 0.240 e. The fourth-order valence-electron chi connectivity index (χ4n) is 2.97. The second kappa shape index (κ2) is 7.45. The normalized spacial score (nSPS) is 17.7. The van der Waals surface area contributed by atoms with Crippen LogP contribution in [0, 0.1) is 0 Å². The van der Waals surface area contributed by atoms with E-state index >= 15 is 0 Å². The lowest BCUT2D eigenvalue weighted by molar-refractivity contribution is 0.491. The molecular formula is C17H21N3O4S2. The van der Waals surface area contributed by atoms with Gasteiger partial charge < -0.3 is 5.32 Å². The highest BCUT2D eigenvalue weighted by atomic mass is 32.2. The Morgan fingerprint density at radius 1 is 0.962 bits per heavy atom. The highest BCUT2D eigenvalue weighted by molar-refractivity contribution is 7.90. The molecule has 1 atom stereocenters. The zero-order chi connectivity index (χ0) is 18.8. The standard InChI is InChI=1S/C17H21N3O4S2/c1-18-25(21,22)14-6-8-15(9-7-14)26(23,24)20-12-17-16-5-3-2-4-13(16)10-11-19-17/h2-9,17-20H,10-12H2,1H3. The molecule has 0 saturated carbocycles. The summed E-state index contributed by atoms with van der Waals surface area (Å²) in [6.45, 7) is 1.01. The van der Waals surface area contributed by atoms with Crippen molar-refractivity contribution in [3.05, 3.63) is 59.7 Å². The molecule has 0 bridgehead atoms. The molecule has 0 spiro atoms. The Hall–Kier alpha value is -1.78. The van der Waals surface area contributed by atoms with Gasteiger partial charge in [-0.15, -0.1) is 0 Å². The molecule has 0 radical (unpaired) electrons. The first kappa shape index (κ1) is 19.0. The van der Waals surface area contributed by atoms with Gasteiger partial charge in [0, 0.05) is 12.6 Å². The van der Waals surface area contributed by atoms with Gasteiger partial charge in [-0.05, 0) is 55.4 Å². The molecule has 7 nitrogen and oxygen atoms in total. The van der Waals surface area contributed by atoms with Crippen LogP contribution in [0.2, 0.25) is 0 Å². The minimum absolute atomic E-state index is 0.0156. The summed E-state index contributed by atoms with van der Waals surface area (Å²) in [5.41, 5.74) is 2.31. The van der Waals surface area contributed by atoms with E-state index in [-0.39, 0.29) is 22.4 Å². The topological polar surface area (TPSA) is 104 Å². The summed E-state index contributed by atoms with van der Waals surface area (Å²) in [7, 11) is -6.03. The second-order valence-electron chi connectivity index (χ2n) is 5.99. The molecule has 9 heteroatoms. The van der Waals surface area contributed by atoms with E-state index in [0.717, 1.165) is 18.5 Å². The van der Waals surface area contributed by atoms with Crippen LogP contribution in [0.15, 0.2) is 58.3 Å². The Labute approximate surface area is 153 Å². The Kier molecular flexibility index (Phi) is 5.44.